The van der Waals surface area contributed by atoms with E-state index in [1.807, 2.05) is 11.4 Å². The Bertz CT molecular complexity index is 994. The Morgan fingerprint density at radius 2 is 1.97 bits per heavy atom. The summed E-state index contributed by atoms with van der Waals surface area (Å²) < 4.78 is 0. The molecular weight excluding hydrogens is 390 g/mol. The lowest BCUT2D eigenvalue weighted by atomic mass is 9.91. The van der Waals surface area contributed by atoms with E-state index in [1.165, 1.54) is 11.3 Å². The molecule has 3 aromatic rings. The number of carbonyl (C=O) groups is 1. The zero-order valence-corrected chi connectivity index (χ0v) is 16.4. The van der Waals surface area contributed by atoms with Crippen molar-refractivity contribution in [3.05, 3.63) is 35.6 Å². The number of nitrogens with zero attached hydrogens (tertiary/aromatic N) is 5. The van der Waals surface area contributed by atoms with Gasteiger partial charge in [0, 0.05) is 29.9 Å². The van der Waals surface area contributed by atoms with Gasteiger partial charge in [-0.1, -0.05) is 12.8 Å². The minimum absolute atomic E-state index is 0.0323. The third-order valence-electron chi connectivity index (χ3n) is 4.70. The molecule has 0 spiro atoms. The number of amides is 1. The van der Waals surface area contributed by atoms with Crippen LogP contribution < -0.4 is 22.1 Å². The third kappa shape index (κ3) is 4.46. The van der Waals surface area contributed by atoms with Gasteiger partial charge < -0.3 is 22.1 Å². The summed E-state index contributed by atoms with van der Waals surface area (Å²) in [6, 6.07) is 3.73. The van der Waals surface area contributed by atoms with Gasteiger partial charge in [0.05, 0.1) is 10.6 Å². The molecule has 0 bridgehead atoms. The van der Waals surface area contributed by atoms with Crippen LogP contribution in [0.3, 0.4) is 0 Å². The van der Waals surface area contributed by atoms with Crippen molar-refractivity contribution in [3.8, 4) is 10.7 Å². The van der Waals surface area contributed by atoms with Gasteiger partial charge in [0.25, 0.3) is 5.91 Å². The number of primary amides is 1. The van der Waals surface area contributed by atoms with E-state index in [2.05, 4.69) is 35.8 Å². The second-order valence-corrected chi connectivity index (χ2v) is 7.70. The van der Waals surface area contributed by atoms with Crippen molar-refractivity contribution in [1.29, 1.82) is 0 Å². The van der Waals surface area contributed by atoms with Gasteiger partial charge in [0.1, 0.15) is 0 Å². The van der Waals surface area contributed by atoms with Gasteiger partial charge in [-0.25, -0.2) is 9.97 Å². The van der Waals surface area contributed by atoms with E-state index >= 15 is 0 Å². The first-order valence-corrected chi connectivity index (χ1v) is 10.2. The molecule has 1 saturated carbocycles. The van der Waals surface area contributed by atoms with Crippen LogP contribution in [0.2, 0.25) is 0 Å². The van der Waals surface area contributed by atoms with E-state index in [0.717, 1.165) is 36.2 Å². The first-order valence-electron chi connectivity index (χ1n) is 9.30. The smallest absolute Gasteiger partial charge is 0.273 e. The van der Waals surface area contributed by atoms with E-state index < -0.39 is 5.91 Å². The highest BCUT2D eigenvalue weighted by atomic mass is 32.1. The number of carbonyl (C=O) groups excluding carboxylic acids is 1. The molecule has 0 saturated heterocycles. The molecule has 6 N–H and O–H groups in total. The molecule has 10 nitrogen and oxygen atoms in total. The Balaban J connectivity index is 1.57. The molecule has 3 heterocycles. The van der Waals surface area contributed by atoms with Crippen molar-refractivity contribution in [1.82, 2.24) is 25.1 Å². The average Bonchev–Trinajstić information content (AvgIpc) is 3.19. The molecule has 1 amide bonds. The SMILES string of the molecule is NC(=O)c1nnc(N[C@@H]2CCCC[C@@H]2N)nc1Nc1csc(-c2ncccn2)c1. The Hall–Kier alpha value is -3.18. The number of rotatable bonds is 6. The molecule has 1 aliphatic rings. The van der Waals surface area contributed by atoms with Crippen molar-refractivity contribution < 1.29 is 4.79 Å². The lowest BCUT2D eigenvalue weighted by Crippen LogP contribution is -2.43. The molecule has 11 heteroatoms. The summed E-state index contributed by atoms with van der Waals surface area (Å²) in [7, 11) is 0. The van der Waals surface area contributed by atoms with Crippen LogP contribution in [0.25, 0.3) is 10.7 Å². The summed E-state index contributed by atoms with van der Waals surface area (Å²) in [5, 5.41) is 16.2. The second kappa shape index (κ2) is 8.45. The predicted molar refractivity (Wildman–Crippen MR) is 111 cm³/mol. The number of thiophene rings is 1. The maximum Gasteiger partial charge on any atom is 0.273 e. The normalized spacial score (nSPS) is 18.9. The van der Waals surface area contributed by atoms with Crippen LogP contribution >= 0.6 is 11.3 Å². The molecule has 29 heavy (non-hydrogen) atoms. The van der Waals surface area contributed by atoms with Crippen molar-refractivity contribution >= 4 is 34.7 Å². The number of nitrogens with one attached hydrogen (secondary N) is 2. The largest absolute Gasteiger partial charge is 0.364 e. The van der Waals surface area contributed by atoms with E-state index in [1.54, 1.807) is 18.5 Å². The van der Waals surface area contributed by atoms with E-state index in [-0.39, 0.29) is 23.6 Å². The standard InChI is InChI=1S/C18H21N9OS/c19-11-4-1-2-5-12(11)24-18-25-17(14(15(20)28)26-27-18)23-10-8-13(29-9-10)16-21-6-3-7-22-16/h3,6-9,11-12H,1-2,4-5,19H2,(H2,20,28)(H2,23,24,25,27)/t11-,12+/m0/s1. The number of aromatic nitrogens is 5. The first kappa shape index (κ1) is 19.2. The van der Waals surface area contributed by atoms with Crippen molar-refractivity contribution in [2.45, 2.75) is 37.8 Å². The van der Waals surface area contributed by atoms with Gasteiger partial charge >= 0.3 is 0 Å². The first-order chi connectivity index (χ1) is 14.1. The lowest BCUT2D eigenvalue weighted by molar-refractivity contribution is 0.0995. The van der Waals surface area contributed by atoms with Crippen LogP contribution in [0.4, 0.5) is 17.5 Å². The Morgan fingerprint density at radius 1 is 1.17 bits per heavy atom. The summed E-state index contributed by atoms with van der Waals surface area (Å²) in [5.74, 6) is 0.449. The lowest BCUT2D eigenvalue weighted by Gasteiger charge is -2.29. The molecule has 2 atom stereocenters. The molecule has 1 aliphatic carbocycles. The summed E-state index contributed by atoms with van der Waals surface area (Å²) in [4.78, 5) is 25.5. The van der Waals surface area contributed by atoms with Gasteiger partial charge in [-0.05, 0) is 25.0 Å². The van der Waals surface area contributed by atoms with E-state index in [9.17, 15) is 4.79 Å². The molecule has 3 aromatic heterocycles. The summed E-state index contributed by atoms with van der Waals surface area (Å²) in [6.07, 6.45) is 7.48. The minimum atomic E-state index is -0.713. The maximum atomic E-state index is 11.8. The van der Waals surface area contributed by atoms with Crippen LogP contribution in [0.1, 0.15) is 36.2 Å². The predicted octanol–water partition coefficient (Wildman–Crippen LogP) is 1.91. The molecule has 150 valence electrons. The van der Waals surface area contributed by atoms with Gasteiger partial charge in [-0.2, -0.15) is 4.98 Å². The fraction of sp³-hybridized carbons (Fsp3) is 0.333. The molecule has 0 aromatic carbocycles. The molecule has 0 radical (unpaired) electrons. The number of nitrogens with two attached hydrogens (primary N) is 2. The summed E-state index contributed by atoms with van der Waals surface area (Å²) in [5.41, 5.74) is 12.3. The van der Waals surface area contributed by atoms with Gasteiger partial charge in [0.15, 0.2) is 17.3 Å². The highest BCUT2D eigenvalue weighted by Crippen LogP contribution is 2.29. The van der Waals surface area contributed by atoms with Crippen molar-refractivity contribution in [3.63, 3.8) is 0 Å². The van der Waals surface area contributed by atoms with Gasteiger partial charge in [-0.15, -0.1) is 21.5 Å². The van der Waals surface area contributed by atoms with E-state index in [0.29, 0.717) is 11.8 Å². The average molecular weight is 411 g/mol. The topological polar surface area (TPSA) is 158 Å². The molecule has 1 fully saturated rings. The minimum Gasteiger partial charge on any atom is -0.364 e. The Labute approximate surface area is 171 Å². The van der Waals surface area contributed by atoms with Crippen LogP contribution in [-0.4, -0.2) is 43.1 Å². The zero-order valence-electron chi connectivity index (χ0n) is 15.6. The molecule has 0 aliphatic heterocycles. The van der Waals surface area contributed by atoms with Gasteiger partial charge in [0.2, 0.25) is 5.95 Å². The fourth-order valence-electron chi connectivity index (χ4n) is 3.23. The molecule has 0 unspecified atom stereocenters. The van der Waals surface area contributed by atoms with Crippen LogP contribution in [0.15, 0.2) is 29.9 Å². The number of hydrogen-bond donors (Lipinski definition) is 4. The summed E-state index contributed by atoms with van der Waals surface area (Å²) >= 11 is 1.47. The third-order valence-corrected chi connectivity index (χ3v) is 5.63. The highest BCUT2D eigenvalue weighted by Gasteiger charge is 2.23. The number of hydrogen-bond acceptors (Lipinski definition) is 10. The molecule has 4 rings (SSSR count). The Kier molecular flexibility index (Phi) is 5.58. The fourth-order valence-corrected chi connectivity index (χ4v) is 4.01. The van der Waals surface area contributed by atoms with Crippen molar-refractivity contribution in [2.75, 3.05) is 10.6 Å². The summed E-state index contributed by atoms with van der Waals surface area (Å²) in [6.45, 7) is 0. The number of anilines is 3. The van der Waals surface area contributed by atoms with Crippen LogP contribution in [-0.2, 0) is 0 Å². The van der Waals surface area contributed by atoms with Crippen molar-refractivity contribution in [2.24, 2.45) is 11.5 Å². The maximum absolute atomic E-state index is 11.8. The molecular formula is C18H21N9OS. The second-order valence-electron chi connectivity index (χ2n) is 6.79. The quantitative estimate of drug-likeness (QED) is 0.475. The monoisotopic (exact) mass is 411 g/mol. The zero-order chi connectivity index (χ0) is 20.2. The van der Waals surface area contributed by atoms with Crippen LogP contribution in [0, 0.1) is 0 Å². The van der Waals surface area contributed by atoms with Crippen LogP contribution in [0.5, 0.6) is 0 Å². The van der Waals surface area contributed by atoms with E-state index in [4.69, 9.17) is 11.5 Å². The van der Waals surface area contributed by atoms with Gasteiger partial charge in [-0.3, -0.25) is 4.79 Å². The highest BCUT2D eigenvalue weighted by molar-refractivity contribution is 7.14. The Morgan fingerprint density at radius 3 is 2.72 bits per heavy atom.